The van der Waals surface area contributed by atoms with Gasteiger partial charge in [-0.2, -0.15) is 0 Å². The number of amides is 1. The van der Waals surface area contributed by atoms with Gasteiger partial charge in [-0.3, -0.25) is 9.59 Å². The van der Waals surface area contributed by atoms with Crippen LogP contribution in [0.5, 0.6) is 0 Å². The molecule has 0 atom stereocenters. The topological polar surface area (TPSA) is 78.2 Å². The van der Waals surface area contributed by atoms with E-state index < -0.39 is 0 Å². The van der Waals surface area contributed by atoms with Crippen molar-refractivity contribution in [2.24, 2.45) is 0 Å². The highest BCUT2D eigenvalue weighted by Gasteiger charge is 2.19. The number of carbonyl (C=O) groups is 1. The number of nitrogens with one attached hydrogen (secondary N) is 2. The standard InChI is InChI=1S/C22H19N3O3/c26-21-17(18-13-23-19-4-2-1-3-16(18)19)11-14-5-6-15(12-20(14)24-21)22(27)25-7-9-28-10-8-25/h1-6,11-13,23H,7-10H2,(H,24,26). The van der Waals surface area contributed by atoms with E-state index in [1.165, 1.54) is 0 Å². The maximum atomic E-state index is 12.8. The van der Waals surface area contributed by atoms with Crippen molar-refractivity contribution in [3.8, 4) is 11.1 Å². The number of H-pyrrole nitrogens is 2. The van der Waals surface area contributed by atoms with Gasteiger partial charge in [0.15, 0.2) is 0 Å². The minimum atomic E-state index is -0.173. The highest BCUT2D eigenvalue weighted by atomic mass is 16.5. The summed E-state index contributed by atoms with van der Waals surface area (Å²) in [7, 11) is 0. The molecule has 1 aliphatic heterocycles. The van der Waals surface area contributed by atoms with Crippen molar-refractivity contribution >= 4 is 27.7 Å². The smallest absolute Gasteiger partial charge is 0.256 e. The molecule has 2 aromatic heterocycles. The molecular formula is C22H19N3O3. The van der Waals surface area contributed by atoms with Gasteiger partial charge in [-0.15, -0.1) is 0 Å². The summed E-state index contributed by atoms with van der Waals surface area (Å²) in [5.41, 5.74) is 3.53. The van der Waals surface area contributed by atoms with Crippen molar-refractivity contribution in [3.63, 3.8) is 0 Å². The number of rotatable bonds is 2. The third kappa shape index (κ3) is 2.78. The van der Waals surface area contributed by atoms with Gasteiger partial charge >= 0.3 is 0 Å². The molecule has 0 aliphatic carbocycles. The Hall–Kier alpha value is -3.38. The fourth-order valence-corrected chi connectivity index (χ4v) is 3.78. The number of aromatic nitrogens is 2. The van der Waals surface area contributed by atoms with Gasteiger partial charge in [0, 0.05) is 52.4 Å². The van der Waals surface area contributed by atoms with Gasteiger partial charge in [0.2, 0.25) is 0 Å². The number of para-hydroxylation sites is 1. The van der Waals surface area contributed by atoms with Crippen molar-refractivity contribution in [2.75, 3.05) is 26.3 Å². The number of nitrogens with zero attached hydrogens (tertiary/aromatic N) is 1. The Morgan fingerprint density at radius 1 is 0.964 bits per heavy atom. The Labute approximate surface area is 160 Å². The Bertz CT molecular complexity index is 1250. The quantitative estimate of drug-likeness (QED) is 0.567. The second-order valence-electron chi connectivity index (χ2n) is 6.97. The molecule has 6 heteroatoms. The lowest BCUT2D eigenvalue weighted by Crippen LogP contribution is -2.40. The fourth-order valence-electron chi connectivity index (χ4n) is 3.78. The Morgan fingerprint density at radius 2 is 1.79 bits per heavy atom. The van der Waals surface area contributed by atoms with Crippen LogP contribution in [0.2, 0.25) is 0 Å². The van der Waals surface area contributed by atoms with E-state index in [1.54, 1.807) is 11.0 Å². The zero-order chi connectivity index (χ0) is 19.1. The van der Waals surface area contributed by atoms with Gasteiger partial charge in [-0.1, -0.05) is 24.3 Å². The molecule has 0 spiro atoms. The lowest BCUT2D eigenvalue weighted by Gasteiger charge is -2.26. The summed E-state index contributed by atoms with van der Waals surface area (Å²) in [6, 6.07) is 15.2. The minimum absolute atomic E-state index is 0.0354. The van der Waals surface area contributed by atoms with Gasteiger partial charge in [-0.05, 0) is 29.7 Å². The summed E-state index contributed by atoms with van der Waals surface area (Å²) in [4.78, 5) is 33.4. The molecule has 4 aromatic rings. The minimum Gasteiger partial charge on any atom is -0.378 e. The second kappa shape index (κ2) is 6.65. The summed E-state index contributed by atoms with van der Waals surface area (Å²) < 4.78 is 5.31. The first kappa shape index (κ1) is 16.8. The number of morpholine rings is 1. The molecule has 1 saturated heterocycles. The van der Waals surface area contributed by atoms with Crippen LogP contribution in [0.25, 0.3) is 32.9 Å². The Morgan fingerprint density at radius 3 is 2.64 bits per heavy atom. The second-order valence-corrected chi connectivity index (χ2v) is 6.97. The normalized spacial score (nSPS) is 14.6. The molecule has 0 radical (unpaired) electrons. The number of benzene rings is 2. The molecule has 0 unspecified atom stereocenters. The van der Waals surface area contributed by atoms with Crippen LogP contribution in [0.4, 0.5) is 0 Å². The molecule has 2 N–H and O–H groups in total. The van der Waals surface area contributed by atoms with Crippen LogP contribution in [0, 0.1) is 0 Å². The van der Waals surface area contributed by atoms with Crippen molar-refractivity contribution in [1.29, 1.82) is 0 Å². The van der Waals surface area contributed by atoms with Gasteiger partial charge in [-0.25, -0.2) is 0 Å². The highest BCUT2D eigenvalue weighted by Crippen LogP contribution is 2.28. The van der Waals surface area contributed by atoms with Gasteiger partial charge < -0.3 is 19.6 Å². The number of hydrogen-bond acceptors (Lipinski definition) is 3. The van der Waals surface area contributed by atoms with Crippen LogP contribution in [0.3, 0.4) is 0 Å². The van der Waals surface area contributed by atoms with Crippen molar-refractivity contribution in [3.05, 3.63) is 70.6 Å². The van der Waals surface area contributed by atoms with Gasteiger partial charge in [0.05, 0.1) is 13.2 Å². The molecule has 28 heavy (non-hydrogen) atoms. The average Bonchev–Trinajstić information content (AvgIpc) is 3.17. The molecule has 2 aromatic carbocycles. The van der Waals surface area contributed by atoms with Crippen LogP contribution in [-0.4, -0.2) is 47.1 Å². The summed E-state index contributed by atoms with van der Waals surface area (Å²) >= 11 is 0. The summed E-state index contributed by atoms with van der Waals surface area (Å²) in [6.45, 7) is 2.30. The SMILES string of the molecule is O=C(c1ccc2cc(-c3c[nH]c4ccccc34)c(=O)[nH]c2c1)N1CCOCC1. The zero-order valence-corrected chi connectivity index (χ0v) is 15.2. The number of aromatic amines is 2. The maximum Gasteiger partial charge on any atom is 0.256 e. The molecule has 0 saturated carbocycles. The first-order valence-electron chi connectivity index (χ1n) is 9.31. The number of ether oxygens (including phenoxy) is 1. The van der Waals surface area contributed by atoms with Crippen molar-refractivity contribution in [2.45, 2.75) is 0 Å². The van der Waals surface area contributed by atoms with E-state index in [2.05, 4.69) is 9.97 Å². The third-order valence-corrected chi connectivity index (χ3v) is 5.27. The average molecular weight is 373 g/mol. The summed E-state index contributed by atoms with van der Waals surface area (Å²) in [5, 5.41) is 1.89. The lowest BCUT2D eigenvalue weighted by molar-refractivity contribution is 0.0303. The van der Waals surface area contributed by atoms with Gasteiger partial charge in [0.25, 0.3) is 11.5 Å². The fraction of sp³-hybridized carbons (Fsp3) is 0.182. The predicted molar refractivity (Wildman–Crippen MR) is 109 cm³/mol. The molecular weight excluding hydrogens is 354 g/mol. The molecule has 140 valence electrons. The predicted octanol–water partition coefficient (Wildman–Crippen LogP) is 3.15. The number of pyridine rings is 1. The summed E-state index contributed by atoms with van der Waals surface area (Å²) in [5.74, 6) is -0.0354. The van der Waals surface area contributed by atoms with Crippen LogP contribution in [0.1, 0.15) is 10.4 Å². The van der Waals surface area contributed by atoms with Gasteiger partial charge in [0.1, 0.15) is 0 Å². The van der Waals surface area contributed by atoms with Crippen LogP contribution in [0.15, 0.2) is 59.5 Å². The van der Waals surface area contributed by atoms with Crippen LogP contribution < -0.4 is 5.56 Å². The number of carbonyl (C=O) groups excluding carboxylic acids is 1. The van der Waals surface area contributed by atoms with E-state index in [0.29, 0.717) is 42.9 Å². The van der Waals surface area contributed by atoms with E-state index in [9.17, 15) is 9.59 Å². The van der Waals surface area contributed by atoms with E-state index in [4.69, 9.17) is 4.74 Å². The number of fused-ring (bicyclic) bond motifs is 2. The summed E-state index contributed by atoms with van der Waals surface area (Å²) in [6.07, 6.45) is 1.86. The molecule has 0 bridgehead atoms. The maximum absolute atomic E-state index is 12.8. The Kier molecular flexibility index (Phi) is 3.98. The van der Waals surface area contributed by atoms with Crippen molar-refractivity contribution < 1.29 is 9.53 Å². The molecule has 1 aliphatic rings. The number of hydrogen-bond donors (Lipinski definition) is 2. The van der Waals surface area contributed by atoms with E-state index in [-0.39, 0.29) is 11.5 Å². The molecule has 6 nitrogen and oxygen atoms in total. The molecule has 3 heterocycles. The zero-order valence-electron chi connectivity index (χ0n) is 15.2. The first-order chi connectivity index (χ1) is 13.7. The molecule has 1 amide bonds. The lowest BCUT2D eigenvalue weighted by atomic mass is 10.0. The first-order valence-corrected chi connectivity index (χ1v) is 9.31. The molecule has 1 fully saturated rings. The van der Waals surface area contributed by atoms with E-state index in [0.717, 1.165) is 21.9 Å². The third-order valence-electron chi connectivity index (χ3n) is 5.27. The van der Waals surface area contributed by atoms with Crippen molar-refractivity contribution in [1.82, 2.24) is 14.9 Å². The van der Waals surface area contributed by atoms with E-state index >= 15 is 0 Å². The molecule has 5 rings (SSSR count). The van der Waals surface area contributed by atoms with E-state index in [1.807, 2.05) is 48.7 Å². The largest absolute Gasteiger partial charge is 0.378 e. The monoisotopic (exact) mass is 373 g/mol. The van der Waals surface area contributed by atoms with Crippen LogP contribution in [-0.2, 0) is 4.74 Å². The Balaban J connectivity index is 1.57. The van der Waals surface area contributed by atoms with Crippen LogP contribution >= 0.6 is 0 Å². The highest BCUT2D eigenvalue weighted by molar-refractivity contribution is 6.00.